The maximum absolute atomic E-state index is 2.45. The molecule has 1 unspecified atom stereocenters. The summed E-state index contributed by atoms with van der Waals surface area (Å²) in [5, 5.41) is 0. The summed E-state index contributed by atoms with van der Waals surface area (Å²) in [6.07, 6.45) is 15.7. The Balaban J connectivity index is 2.90. The van der Waals surface area contributed by atoms with E-state index in [9.17, 15) is 0 Å². The molecule has 0 saturated carbocycles. The van der Waals surface area contributed by atoms with Crippen molar-refractivity contribution in [1.29, 1.82) is 0 Å². The minimum atomic E-state index is -1.15. The molecule has 0 aliphatic rings. The van der Waals surface area contributed by atoms with E-state index >= 15 is 0 Å². The molecule has 0 N–H and O–H groups in total. The van der Waals surface area contributed by atoms with Gasteiger partial charge >= 0.3 is 153 Å². The van der Waals surface area contributed by atoms with E-state index in [1.54, 1.807) is 24.0 Å². The van der Waals surface area contributed by atoms with Crippen LogP contribution in [0.3, 0.4) is 0 Å². The van der Waals surface area contributed by atoms with Crippen molar-refractivity contribution in [2.45, 2.75) is 91.6 Å². The summed E-state index contributed by atoms with van der Waals surface area (Å²) in [5.74, 6) is 0.696. The minimum absolute atomic E-state index is 0.696. The Morgan fingerprint density at radius 1 is 0.750 bits per heavy atom. The predicted molar refractivity (Wildman–Crippen MR) is 116 cm³/mol. The Hall–Kier alpha value is -0.350. The molecule has 0 aliphatic heterocycles. The van der Waals surface area contributed by atoms with Crippen molar-refractivity contribution >= 4 is 7.26 Å². The van der Waals surface area contributed by atoms with Gasteiger partial charge in [0.2, 0.25) is 0 Å². The second-order valence-corrected chi connectivity index (χ2v) is 12.9. The first kappa shape index (κ1) is 21.7. The van der Waals surface area contributed by atoms with Crippen LogP contribution >= 0.6 is 7.26 Å². The Labute approximate surface area is 153 Å². The van der Waals surface area contributed by atoms with Crippen LogP contribution in [0.4, 0.5) is 0 Å². The molecule has 0 saturated heterocycles. The van der Waals surface area contributed by atoms with Gasteiger partial charge in [0.05, 0.1) is 0 Å². The summed E-state index contributed by atoms with van der Waals surface area (Å²) in [6.45, 7) is 11.7. The zero-order valence-corrected chi connectivity index (χ0v) is 18.2. The fourth-order valence-electron chi connectivity index (χ4n) is 3.93. The third kappa shape index (κ3) is 7.26. The van der Waals surface area contributed by atoms with Gasteiger partial charge in [0.25, 0.3) is 0 Å². The van der Waals surface area contributed by atoms with Gasteiger partial charge in [0, 0.05) is 0 Å². The van der Waals surface area contributed by atoms with Gasteiger partial charge in [0.1, 0.15) is 0 Å². The molecule has 1 aromatic rings. The van der Waals surface area contributed by atoms with Crippen LogP contribution in [0.5, 0.6) is 0 Å². The zero-order valence-electron chi connectivity index (χ0n) is 17.2. The summed E-state index contributed by atoms with van der Waals surface area (Å²) < 4.78 is 0. The van der Waals surface area contributed by atoms with Crippen LogP contribution in [-0.2, 0) is 6.16 Å². The Morgan fingerprint density at radius 2 is 1.21 bits per heavy atom. The van der Waals surface area contributed by atoms with Crippen LogP contribution < -0.4 is 0 Å². The van der Waals surface area contributed by atoms with Gasteiger partial charge in [-0.2, -0.15) is 0 Å². The zero-order chi connectivity index (χ0) is 17.8. The van der Waals surface area contributed by atoms with Crippen LogP contribution in [0, 0.1) is 0 Å². The first-order valence-corrected chi connectivity index (χ1v) is 13.5. The van der Waals surface area contributed by atoms with Crippen molar-refractivity contribution < 1.29 is 0 Å². The number of benzene rings is 1. The summed E-state index contributed by atoms with van der Waals surface area (Å²) in [7, 11) is -1.15. The first-order valence-electron chi connectivity index (χ1n) is 10.7. The average Bonchev–Trinajstić information content (AvgIpc) is 2.62. The number of unbranched alkanes of at least 4 members (excludes halogenated alkanes) is 3. The van der Waals surface area contributed by atoms with E-state index < -0.39 is 7.26 Å². The summed E-state index contributed by atoms with van der Waals surface area (Å²) in [6, 6.07) is 9.71. The predicted octanol–water partition coefficient (Wildman–Crippen LogP) is 7.85. The van der Waals surface area contributed by atoms with Crippen molar-refractivity contribution in [2.24, 2.45) is 0 Å². The Bertz CT molecular complexity index is 398. The second-order valence-electron chi connectivity index (χ2n) is 8.04. The monoisotopic (exact) mass is 350 g/mol. The van der Waals surface area contributed by atoms with Gasteiger partial charge in [0.15, 0.2) is 0 Å². The molecule has 1 rings (SSSR count). The molecule has 0 bridgehead atoms. The van der Waals surface area contributed by atoms with Crippen molar-refractivity contribution in [3.63, 3.8) is 0 Å². The third-order valence-electron chi connectivity index (χ3n) is 5.92. The molecule has 140 valence electrons. The van der Waals surface area contributed by atoms with Crippen LogP contribution in [0.25, 0.3) is 0 Å². The van der Waals surface area contributed by atoms with Gasteiger partial charge in [-0.05, 0) is 0 Å². The summed E-state index contributed by atoms with van der Waals surface area (Å²) in [4.78, 5) is 0. The topological polar surface area (TPSA) is 0 Å². The van der Waals surface area contributed by atoms with Gasteiger partial charge in [-0.1, -0.05) is 0 Å². The molecule has 0 radical (unpaired) electrons. The van der Waals surface area contributed by atoms with Crippen LogP contribution in [-0.4, -0.2) is 18.5 Å². The molecule has 0 aliphatic carbocycles. The molecule has 24 heavy (non-hydrogen) atoms. The van der Waals surface area contributed by atoms with E-state index in [0.717, 1.165) is 0 Å². The van der Waals surface area contributed by atoms with E-state index in [-0.39, 0.29) is 0 Å². The molecule has 0 nitrogen and oxygen atoms in total. The van der Waals surface area contributed by atoms with E-state index in [2.05, 4.69) is 58.9 Å². The molecule has 0 amide bonds. The molecule has 1 atom stereocenters. The van der Waals surface area contributed by atoms with Crippen LogP contribution in [0.2, 0.25) is 0 Å². The fourth-order valence-corrected chi connectivity index (χ4v) is 9.62. The molecule has 1 aromatic carbocycles. The average molecular weight is 351 g/mol. The second kappa shape index (κ2) is 12.1. The van der Waals surface area contributed by atoms with E-state index in [4.69, 9.17) is 0 Å². The van der Waals surface area contributed by atoms with E-state index in [1.165, 1.54) is 56.7 Å². The molecule has 1 heteroatoms. The van der Waals surface area contributed by atoms with Crippen molar-refractivity contribution in [3.05, 3.63) is 35.4 Å². The van der Waals surface area contributed by atoms with Crippen LogP contribution in [0.1, 0.15) is 96.6 Å². The fraction of sp³-hybridized carbons (Fsp3) is 0.739. The molecule has 0 heterocycles. The van der Waals surface area contributed by atoms with Crippen molar-refractivity contribution in [1.82, 2.24) is 0 Å². The molecule has 0 aromatic heterocycles. The Morgan fingerprint density at radius 3 is 1.58 bits per heavy atom. The quantitative estimate of drug-likeness (QED) is 0.318. The molecule has 0 spiro atoms. The van der Waals surface area contributed by atoms with Crippen molar-refractivity contribution in [3.8, 4) is 0 Å². The van der Waals surface area contributed by atoms with Gasteiger partial charge in [-0.15, -0.1) is 0 Å². The van der Waals surface area contributed by atoms with Gasteiger partial charge < -0.3 is 0 Å². The van der Waals surface area contributed by atoms with E-state index in [1.807, 2.05) is 0 Å². The summed E-state index contributed by atoms with van der Waals surface area (Å²) in [5.41, 5.74) is 3.14. The molecular formula is C23H43P. The number of hydrogen-bond acceptors (Lipinski definition) is 0. The number of hydrogen-bond donors (Lipinski definition) is 0. The van der Waals surface area contributed by atoms with Gasteiger partial charge in [-0.25, -0.2) is 0 Å². The molecular weight excluding hydrogens is 307 g/mol. The number of rotatable bonds is 13. The normalized spacial score (nSPS) is 13.9. The standard InChI is InChI=1S/C23H43P/c1-6-10-17-24(18-11-7-2,19-12-8-3)20-22-13-15-23(16-14-22)21(5)9-4/h13-16,21,24H,6-12,17-20H2,1-5H3. The van der Waals surface area contributed by atoms with Crippen molar-refractivity contribution in [2.75, 3.05) is 18.5 Å². The van der Waals surface area contributed by atoms with E-state index in [0.29, 0.717) is 5.92 Å². The van der Waals surface area contributed by atoms with Gasteiger partial charge in [-0.3, -0.25) is 0 Å². The summed E-state index contributed by atoms with van der Waals surface area (Å²) >= 11 is 0. The Kier molecular flexibility index (Phi) is 10.9. The maximum atomic E-state index is 2.45. The third-order valence-corrected chi connectivity index (χ3v) is 11.3. The molecule has 0 fully saturated rings. The SMILES string of the molecule is CCCC[PH](CCCC)(CCCC)Cc1ccc(C(C)CC)cc1. The van der Waals surface area contributed by atoms with Crippen LogP contribution in [0.15, 0.2) is 24.3 Å². The first-order chi connectivity index (χ1) is 11.6.